The zero-order valence-electron chi connectivity index (χ0n) is 11.7. The molecule has 2 heteroatoms. The lowest BCUT2D eigenvalue weighted by atomic mass is 10.1. The molecule has 0 aliphatic rings. The average molecular weight is 252 g/mol. The van der Waals surface area contributed by atoms with Crippen molar-refractivity contribution in [1.29, 1.82) is 0 Å². The molecular weight excluding hydrogens is 224 g/mol. The van der Waals surface area contributed by atoms with Crippen LogP contribution in [0.15, 0.2) is 43.5 Å². The molecule has 0 aliphatic heterocycles. The number of hydrogen-bond acceptors (Lipinski definition) is 1. The Hall–Kier alpha value is -1.28. The van der Waals surface area contributed by atoms with Gasteiger partial charge in [0.2, 0.25) is 0 Å². The third kappa shape index (κ3) is 11.2. The molecule has 2 nitrogen and oxygen atoms in total. The van der Waals surface area contributed by atoms with E-state index >= 15 is 0 Å². The predicted octanol–water partition coefficient (Wildman–Crippen LogP) is 4.40. The molecule has 0 saturated carbocycles. The number of hydrogen-bond donors (Lipinski definition) is 0. The summed E-state index contributed by atoms with van der Waals surface area (Å²) in [7, 11) is 0. The number of para-hydroxylation sites is 1. The van der Waals surface area contributed by atoms with Gasteiger partial charge in [-0.05, 0) is 18.6 Å². The van der Waals surface area contributed by atoms with Gasteiger partial charge in [0.15, 0.2) is 0 Å². The molecule has 0 saturated heterocycles. The lowest BCUT2D eigenvalue weighted by molar-refractivity contribution is 0.304. The molecule has 1 aromatic carbocycles. The van der Waals surface area contributed by atoms with Crippen LogP contribution in [0.25, 0.3) is 0 Å². The maximum Gasteiger partial charge on any atom is 0.119 e. The Morgan fingerprint density at radius 2 is 1.44 bits per heavy atom. The van der Waals surface area contributed by atoms with E-state index in [0.717, 1.165) is 12.4 Å². The van der Waals surface area contributed by atoms with Gasteiger partial charge in [0.1, 0.15) is 5.75 Å². The number of rotatable bonds is 8. The van der Waals surface area contributed by atoms with Crippen LogP contribution in [0.5, 0.6) is 5.75 Å². The summed E-state index contributed by atoms with van der Waals surface area (Å²) in [6.07, 6.45) is 7.90. The number of ether oxygens (including phenoxy) is 1. The molecular formula is C16H28O2. The van der Waals surface area contributed by atoms with Crippen molar-refractivity contribution >= 4 is 0 Å². The summed E-state index contributed by atoms with van der Waals surface area (Å²) < 4.78 is 5.61. The summed E-state index contributed by atoms with van der Waals surface area (Å²) in [5, 5.41) is 0. The van der Waals surface area contributed by atoms with Gasteiger partial charge in [-0.15, -0.1) is 13.2 Å². The van der Waals surface area contributed by atoms with E-state index in [1.807, 2.05) is 30.3 Å². The molecule has 0 spiro atoms. The molecule has 0 aliphatic carbocycles. The minimum Gasteiger partial charge on any atom is -0.494 e. The molecule has 0 bridgehead atoms. The first kappa shape index (κ1) is 19.1. The summed E-state index contributed by atoms with van der Waals surface area (Å²) >= 11 is 0. The molecule has 2 N–H and O–H groups in total. The topological polar surface area (TPSA) is 40.7 Å². The Morgan fingerprint density at radius 3 is 2.06 bits per heavy atom. The summed E-state index contributed by atoms with van der Waals surface area (Å²) in [4.78, 5) is 0. The monoisotopic (exact) mass is 252 g/mol. The summed E-state index contributed by atoms with van der Waals surface area (Å²) in [6, 6.07) is 10.1. The summed E-state index contributed by atoms with van der Waals surface area (Å²) in [6.45, 7) is 9.11. The van der Waals surface area contributed by atoms with Crippen molar-refractivity contribution in [3.63, 3.8) is 0 Å². The van der Waals surface area contributed by atoms with Crippen LogP contribution in [0, 0.1) is 0 Å². The lowest BCUT2D eigenvalue weighted by Gasteiger charge is -2.05. The Bertz CT molecular complexity index is 247. The summed E-state index contributed by atoms with van der Waals surface area (Å²) in [5.74, 6) is 0.992. The van der Waals surface area contributed by atoms with Gasteiger partial charge in [-0.1, -0.05) is 57.2 Å². The van der Waals surface area contributed by atoms with E-state index in [4.69, 9.17) is 4.74 Å². The second-order valence-electron chi connectivity index (χ2n) is 3.93. The van der Waals surface area contributed by atoms with Crippen molar-refractivity contribution in [2.75, 3.05) is 6.61 Å². The molecule has 0 radical (unpaired) electrons. The average Bonchev–Trinajstić information content (AvgIpc) is 2.41. The van der Waals surface area contributed by atoms with Crippen LogP contribution < -0.4 is 4.74 Å². The van der Waals surface area contributed by atoms with Crippen LogP contribution in [0.4, 0.5) is 0 Å². The highest BCUT2D eigenvalue weighted by Crippen LogP contribution is 2.10. The quantitative estimate of drug-likeness (QED) is 0.499. The maximum absolute atomic E-state index is 5.61. The predicted molar refractivity (Wildman–Crippen MR) is 80.2 cm³/mol. The number of unbranched alkanes of at least 4 members (excludes halogenated alkanes) is 5. The van der Waals surface area contributed by atoms with Crippen molar-refractivity contribution < 1.29 is 10.2 Å². The Labute approximate surface area is 112 Å². The standard InChI is InChI=1S/C14H22O.C2H4.H2O/c1-2-3-4-5-6-10-13-15-14-11-8-7-9-12-14;1-2;/h7-9,11-12H,2-6,10,13H2,1H3;1-2H2;1H2. The normalized spacial score (nSPS) is 8.72. The molecule has 0 unspecified atom stereocenters. The Morgan fingerprint density at radius 1 is 0.889 bits per heavy atom. The van der Waals surface area contributed by atoms with Crippen molar-refractivity contribution in [2.24, 2.45) is 0 Å². The van der Waals surface area contributed by atoms with Crippen molar-refractivity contribution in [3.05, 3.63) is 43.5 Å². The van der Waals surface area contributed by atoms with Gasteiger partial charge in [-0.3, -0.25) is 0 Å². The fourth-order valence-corrected chi connectivity index (χ4v) is 1.59. The first-order chi connectivity index (χ1) is 8.43. The van der Waals surface area contributed by atoms with E-state index < -0.39 is 0 Å². The van der Waals surface area contributed by atoms with Crippen LogP contribution in [-0.4, -0.2) is 12.1 Å². The van der Waals surface area contributed by atoms with Crippen molar-refractivity contribution in [1.82, 2.24) is 0 Å². The molecule has 18 heavy (non-hydrogen) atoms. The fourth-order valence-electron chi connectivity index (χ4n) is 1.59. The highest BCUT2D eigenvalue weighted by Gasteiger charge is 1.92. The van der Waals surface area contributed by atoms with E-state index in [1.54, 1.807) is 0 Å². The van der Waals surface area contributed by atoms with E-state index in [2.05, 4.69) is 20.1 Å². The minimum atomic E-state index is 0. The Balaban J connectivity index is 0. The highest BCUT2D eigenvalue weighted by atomic mass is 16.5. The van der Waals surface area contributed by atoms with Crippen LogP contribution in [0.1, 0.15) is 45.4 Å². The van der Waals surface area contributed by atoms with Crippen LogP contribution in [0.2, 0.25) is 0 Å². The second-order valence-corrected chi connectivity index (χ2v) is 3.93. The van der Waals surface area contributed by atoms with Gasteiger partial charge in [-0.2, -0.15) is 0 Å². The lowest BCUT2D eigenvalue weighted by Crippen LogP contribution is -1.96. The first-order valence-electron chi connectivity index (χ1n) is 6.61. The van der Waals surface area contributed by atoms with Gasteiger partial charge in [0, 0.05) is 0 Å². The van der Waals surface area contributed by atoms with E-state index in [0.29, 0.717) is 0 Å². The molecule has 0 aromatic heterocycles. The van der Waals surface area contributed by atoms with Crippen molar-refractivity contribution in [2.45, 2.75) is 45.4 Å². The molecule has 0 atom stereocenters. The van der Waals surface area contributed by atoms with Gasteiger partial charge in [0.05, 0.1) is 6.61 Å². The zero-order valence-corrected chi connectivity index (χ0v) is 11.7. The maximum atomic E-state index is 5.61. The second kappa shape index (κ2) is 15.7. The number of benzene rings is 1. The SMILES string of the molecule is C=C.CCCCCCCCOc1ccccc1.O. The fraction of sp³-hybridized carbons (Fsp3) is 0.500. The van der Waals surface area contributed by atoms with Gasteiger partial charge < -0.3 is 10.2 Å². The van der Waals surface area contributed by atoms with Gasteiger partial charge >= 0.3 is 0 Å². The van der Waals surface area contributed by atoms with Gasteiger partial charge in [0.25, 0.3) is 0 Å². The summed E-state index contributed by atoms with van der Waals surface area (Å²) in [5.41, 5.74) is 0. The van der Waals surface area contributed by atoms with Gasteiger partial charge in [-0.25, -0.2) is 0 Å². The highest BCUT2D eigenvalue weighted by molar-refractivity contribution is 5.20. The van der Waals surface area contributed by atoms with E-state index in [-0.39, 0.29) is 5.48 Å². The largest absolute Gasteiger partial charge is 0.494 e. The molecule has 0 heterocycles. The Kier molecular flexibility index (Phi) is 16.7. The first-order valence-corrected chi connectivity index (χ1v) is 6.61. The molecule has 0 amide bonds. The van der Waals surface area contributed by atoms with Crippen LogP contribution in [-0.2, 0) is 0 Å². The van der Waals surface area contributed by atoms with E-state index in [9.17, 15) is 0 Å². The van der Waals surface area contributed by atoms with E-state index in [1.165, 1.54) is 38.5 Å². The smallest absolute Gasteiger partial charge is 0.119 e. The zero-order chi connectivity index (χ0) is 12.8. The van der Waals surface area contributed by atoms with Crippen molar-refractivity contribution in [3.8, 4) is 5.75 Å². The third-order valence-corrected chi connectivity index (χ3v) is 2.51. The molecule has 1 rings (SSSR count). The van der Waals surface area contributed by atoms with Crippen LogP contribution in [0.3, 0.4) is 0 Å². The van der Waals surface area contributed by atoms with Crippen LogP contribution >= 0.6 is 0 Å². The molecule has 0 fully saturated rings. The minimum absolute atomic E-state index is 0. The molecule has 104 valence electrons. The third-order valence-electron chi connectivity index (χ3n) is 2.51. The molecule has 1 aromatic rings.